The van der Waals surface area contributed by atoms with Gasteiger partial charge in [-0.3, -0.25) is 4.79 Å². The molecule has 0 bridgehead atoms. The minimum Gasteiger partial charge on any atom is -0.379 e. The van der Waals surface area contributed by atoms with Crippen LogP contribution in [0.2, 0.25) is 0 Å². The quantitative estimate of drug-likeness (QED) is 0.575. The Morgan fingerprint density at radius 1 is 0.923 bits per heavy atom. The van der Waals surface area contributed by atoms with E-state index in [1.54, 1.807) is 6.08 Å². The molecule has 4 rings (SSSR count). The van der Waals surface area contributed by atoms with Gasteiger partial charge in [-0.1, -0.05) is 73.9 Å². The number of carbonyl (C=O) groups excluding carboxylic acids is 1. The van der Waals surface area contributed by atoms with Crippen LogP contribution in [0.15, 0.2) is 60.7 Å². The molecule has 26 heavy (non-hydrogen) atoms. The van der Waals surface area contributed by atoms with E-state index in [2.05, 4.69) is 43.4 Å². The van der Waals surface area contributed by atoms with Crippen LogP contribution in [0.1, 0.15) is 67.4 Å². The summed E-state index contributed by atoms with van der Waals surface area (Å²) in [5.74, 6) is 0.0540. The fourth-order valence-electron chi connectivity index (χ4n) is 4.98. The molecule has 2 aromatic carbocycles. The largest absolute Gasteiger partial charge is 0.379 e. The molecule has 0 radical (unpaired) electrons. The molecule has 1 saturated carbocycles. The van der Waals surface area contributed by atoms with Crippen molar-refractivity contribution in [3.63, 3.8) is 0 Å². The average Bonchev–Trinajstić information content (AvgIpc) is 2.67. The number of ketones is 1. The van der Waals surface area contributed by atoms with Crippen molar-refractivity contribution in [3.05, 3.63) is 77.4 Å². The molecule has 0 unspecified atom stereocenters. The number of fused-ring (bicyclic) bond motifs is 2. The molecule has 1 N–H and O–H groups in total. The second kappa shape index (κ2) is 6.42. The molecule has 1 aliphatic heterocycles. The van der Waals surface area contributed by atoms with Crippen LogP contribution >= 0.6 is 0 Å². The van der Waals surface area contributed by atoms with Crippen LogP contribution in [-0.2, 0) is 5.41 Å². The van der Waals surface area contributed by atoms with E-state index in [1.807, 2.05) is 30.3 Å². The zero-order valence-electron chi connectivity index (χ0n) is 15.7. The lowest BCUT2D eigenvalue weighted by Crippen LogP contribution is -2.60. The third-order valence-electron chi connectivity index (χ3n) is 6.42. The normalized spacial score (nSPS) is 21.8. The average molecular weight is 345 g/mol. The highest BCUT2D eigenvalue weighted by Crippen LogP contribution is 2.52. The lowest BCUT2D eigenvalue weighted by atomic mass is 9.56. The molecule has 1 fully saturated rings. The van der Waals surface area contributed by atoms with E-state index in [1.165, 1.54) is 43.2 Å². The van der Waals surface area contributed by atoms with Gasteiger partial charge < -0.3 is 5.32 Å². The SMILES string of the molecule is CC1(C)N/C(=C\C(=O)c2ccccc2)c2ccccc2C12CCCCC2. The molecule has 2 aliphatic rings. The van der Waals surface area contributed by atoms with Crippen LogP contribution in [0.4, 0.5) is 0 Å². The molecule has 1 aliphatic carbocycles. The maximum absolute atomic E-state index is 12.8. The van der Waals surface area contributed by atoms with E-state index in [0.29, 0.717) is 0 Å². The first-order chi connectivity index (χ1) is 12.5. The third-order valence-corrected chi connectivity index (χ3v) is 6.42. The van der Waals surface area contributed by atoms with E-state index >= 15 is 0 Å². The Kier molecular flexibility index (Phi) is 4.22. The highest BCUT2D eigenvalue weighted by Gasteiger charge is 2.50. The van der Waals surface area contributed by atoms with Gasteiger partial charge in [-0.15, -0.1) is 0 Å². The highest BCUT2D eigenvalue weighted by molar-refractivity contribution is 6.08. The van der Waals surface area contributed by atoms with Gasteiger partial charge in [0.05, 0.1) is 0 Å². The van der Waals surface area contributed by atoms with Gasteiger partial charge in [-0.05, 0) is 32.3 Å². The maximum atomic E-state index is 12.8. The Labute approximate surface area is 156 Å². The maximum Gasteiger partial charge on any atom is 0.187 e. The van der Waals surface area contributed by atoms with Crippen LogP contribution in [-0.4, -0.2) is 11.3 Å². The van der Waals surface area contributed by atoms with Crippen LogP contribution in [0.5, 0.6) is 0 Å². The summed E-state index contributed by atoms with van der Waals surface area (Å²) in [6, 6.07) is 18.2. The van der Waals surface area contributed by atoms with Gasteiger partial charge in [-0.2, -0.15) is 0 Å². The zero-order chi connectivity index (χ0) is 18.2. The highest BCUT2D eigenvalue weighted by atomic mass is 16.1. The van der Waals surface area contributed by atoms with Crippen molar-refractivity contribution in [1.82, 2.24) is 5.32 Å². The number of nitrogens with one attached hydrogen (secondary N) is 1. The predicted molar refractivity (Wildman–Crippen MR) is 107 cm³/mol. The summed E-state index contributed by atoms with van der Waals surface area (Å²) in [5, 5.41) is 3.75. The molecule has 2 nitrogen and oxygen atoms in total. The number of hydrogen-bond donors (Lipinski definition) is 1. The summed E-state index contributed by atoms with van der Waals surface area (Å²) < 4.78 is 0. The molecule has 1 heterocycles. The third kappa shape index (κ3) is 2.68. The topological polar surface area (TPSA) is 29.1 Å². The van der Waals surface area contributed by atoms with Gasteiger partial charge >= 0.3 is 0 Å². The minimum atomic E-state index is -0.0788. The molecular formula is C24H27NO. The monoisotopic (exact) mass is 345 g/mol. The summed E-state index contributed by atoms with van der Waals surface area (Å²) in [7, 11) is 0. The number of hydrogen-bond acceptors (Lipinski definition) is 2. The lowest BCUT2D eigenvalue weighted by Gasteiger charge is -2.55. The Hall–Kier alpha value is -2.35. The zero-order valence-corrected chi connectivity index (χ0v) is 15.7. The first-order valence-electron chi connectivity index (χ1n) is 9.73. The fourth-order valence-corrected chi connectivity index (χ4v) is 4.98. The van der Waals surface area contributed by atoms with E-state index in [4.69, 9.17) is 0 Å². The number of allylic oxidation sites excluding steroid dienone is 1. The summed E-state index contributed by atoms with van der Waals surface area (Å²) in [5.41, 5.74) is 4.36. The van der Waals surface area contributed by atoms with Crippen molar-refractivity contribution >= 4 is 11.5 Å². The summed E-state index contributed by atoms with van der Waals surface area (Å²) in [6.07, 6.45) is 8.09. The van der Waals surface area contributed by atoms with Crippen molar-refractivity contribution in [2.45, 2.75) is 56.9 Å². The van der Waals surface area contributed by atoms with Crippen LogP contribution in [0, 0.1) is 0 Å². The number of carbonyl (C=O) groups is 1. The van der Waals surface area contributed by atoms with Gasteiger partial charge in [-0.25, -0.2) is 0 Å². The molecule has 0 aromatic heterocycles. The fraction of sp³-hybridized carbons (Fsp3) is 0.375. The second-order valence-corrected chi connectivity index (χ2v) is 8.23. The van der Waals surface area contributed by atoms with E-state index < -0.39 is 0 Å². The van der Waals surface area contributed by atoms with Gasteiger partial charge in [0.15, 0.2) is 5.78 Å². The van der Waals surface area contributed by atoms with Crippen molar-refractivity contribution in [3.8, 4) is 0 Å². The van der Waals surface area contributed by atoms with Crippen LogP contribution in [0.3, 0.4) is 0 Å². The Morgan fingerprint density at radius 3 is 2.31 bits per heavy atom. The number of benzene rings is 2. The van der Waals surface area contributed by atoms with E-state index in [-0.39, 0.29) is 16.7 Å². The Balaban J connectivity index is 1.82. The standard InChI is InChI=1S/C24H27NO/c1-23(2)24(15-9-4-10-16-24)20-14-8-7-13-19(20)21(25-23)17-22(26)18-11-5-3-6-12-18/h3,5-8,11-14,17,25H,4,9-10,15-16H2,1-2H3/b21-17-. The molecule has 2 aromatic rings. The minimum absolute atomic E-state index is 0.0540. The van der Waals surface area contributed by atoms with E-state index in [0.717, 1.165) is 11.3 Å². The Bertz CT molecular complexity index is 842. The molecule has 0 saturated heterocycles. The first kappa shape index (κ1) is 17.1. The van der Waals surface area contributed by atoms with Crippen molar-refractivity contribution in [1.29, 1.82) is 0 Å². The molecular weight excluding hydrogens is 318 g/mol. The van der Waals surface area contributed by atoms with Crippen molar-refractivity contribution < 1.29 is 4.79 Å². The molecule has 1 spiro atoms. The molecule has 2 heteroatoms. The number of rotatable bonds is 2. The lowest BCUT2D eigenvalue weighted by molar-refractivity contribution is 0.104. The van der Waals surface area contributed by atoms with Gasteiger partial charge in [0, 0.05) is 33.9 Å². The summed E-state index contributed by atoms with van der Waals surface area (Å²) in [4.78, 5) is 12.8. The van der Waals surface area contributed by atoms with Gasteiger partial charge in [0.2, 0.25) is 0 Å². The van der Waals surface area contributed by atoms with Crippen LogP contribution < -0.4 is 5.32 Å². The van der Waals surface area contributed by atoms with Gasteiger partial charge in [0.25, 0.3) is 0 Å². The predicted octanol–water partition coefficient (Wildman–Crippen LogP) is 5.49. The smallest absolute Gasteiger partial charge is 0.187 e. The first-order valence-corrected chi connectivity index (χ1v) is 9.73. The van der Waals surface area contributed by atoms with Crippen molar-refractivity contribution in [2.75, 3.05) is 0 Å². The Morgan fingerprint density at radius 2 is 1.58 bits per heavy atom. The van der Waals surface area contributed by atoms with E-state index in [9.17, 15) is 4.79 Å². The second-order valence-electron chi connectivity index (χ2n) is 8.23. The van der Waals surface area contributed by atoms with Crippen LogP contribution in [0.25, 0.3) is 5.70 Å². The summed E-state index contributed by atoms with van der Waals surface area (Å²) in [6.45, 7) is 4.60. The van der Waals surface area contributed by atoms with Gasteiger partial charge in [0.1, 0.15) is 0 Å². The summed E-state index contributed by atoms with van der Waals surface area (Å²) >= 11 is 0. The molecule has 134 valence electrons. The van der Waals surface area contributed by atoms with Crippen molar-refractivity contribution in [2.24, 2.45) is 0 Å². The molecule has 0 atom stereocenters. The molecule has 0 amide bonds.